The van der Waals surface area contributed by atoms with Crippen LogP contribution in [0.5, 0.6) is 5.75 Å². The van der Waals surface area contributed by atoms with Crippen molar-refractivity contribution in [2.45, 2.75) is 63.6 Å². The van der Waals surface area contributed by atoms with Crippen molar-refractivity contribution in [2.75, 3.05) is 13.2 Å². The van der Waals surface area contributed by atoms with Crippen LogP contribution in [0.4, 0.5) is 0 Å². The van der Waals surface area contributed by atoms with E-state index in [-0.39, 0.29) is 35.9 Å². The molecule has 3 atom stereocenters. The van der Waals surface area contributed by atoms with Crippen molar-refractivity contribution in [1.29, 1.82) is 0 Å². The summed E-state index contributed by atoms with van der Waals surface area (Å²) < 4.78 is 5.53. The third kappa shape index (κ3) is 5.12. The summed E-state index contributed by atoms with van der Waals surface area (Å²) in [7, 11) is 0. The molecule has 1 aromatic carbocycles. The zero-order chi connectivity index (χ0) is 22.2. The molecule has 1 heterocycles. The van der Waals surface area contributed by atoms with Gasteiger partial charge in [0.25, 0.3) is 5.91 Å². The van der Waals surface area contributed by atoms with Gasteiger partial charge in [-0.3, -0.25) is 9.59 Å². The monoisotopic (exact) mass is 467 g/mol. The van der Waals surface area contributed by atoms with E-state index < -0.39 is 0 Å². The number of amides is 2. The van der Waals surface area contributed by atoms with E-state index in [0.29, 0.717) is 33.7 Å². The molecule has 1 aliphatic heterocycles. The number of carbonyl (C=O) groups is 2. The number of hydrogen-bond donors (Lipinski definition) is 3. The molecule has 3 aliphatic carbocycles. The molecule has 31 heavy (non-hydrogen) atoms. The van der Waals surface area contributed by atoms with E-state index >= 15 is 0 Å². The molecule has 3 saturated carbocycles. The van der Waals surface area contributed by atoms with Gasteiger partial charge >= 0.3 is 0 Å². The normalized spacial score (nSPS) is 31.8. The minimum atomic E-state index is -0.165. The first-order valence-electron chi connectivity index (χ1n) is 11.2. The van der Waals surface area contributed by atoms with Crippen LogP contribution in [0.1, 0.15) is 46.0 Å². The largest absolute Gasteiger partial charge is 0.484 e. The van der Waals surface area contributed by atoms with Crippen molar-refractivity contribution in [2.24, 2.45) is 17.8 Å². The smallest absolute Gasteiger partial charge is 0.258 e. The molecule has 0 spiro atoms. The highest BCUT2D eigenvalue weighted by Gasteiger charge is 2.57. The number of carbonyl (C=O) groups excluding carboxylic acids is 2. The highest BCUT2D eigenvalue weighted by molar-refractivity contribution is 6.42. The maximum atomic E-state index is 12.8. The van der Waals surface area contributed by atoms with E-state index in [9.17, 15) is 9.59 Å². The highest BCUT2D eigenvalue weighted by atomic mass is 35.5. The minimum absolute atomic E-state index is 0.0386. The Bertz CT molecular complexity index is 833. The van der Waals surface area contributed by atoms with Gasteiger partial charge in [0.15, 0.2) is 6.61 Å². The zero-order valence-electron chi connectivity index (χ0n) is 18.0. The summed E-state index contributed by atoms with van der Waals surface area (Å²) in [4.78, 5) is 25.2. The van der Waals surface area contributed by atoms with Crippen LogP contribution in [0.15, 0.2) is 18.2 Å². The number of piperidine rings is 1. The van der Waals surface area contributed by atoms with Crippen LogP contribution >= 0.6 is 23.2 Å². The van der Waals surface area contributed by atoms with Crippen LogP contribution in [0.25, 0.3) is 0 Å². The van der Waals surface area contributed by atoms with Crippen LogP contribution < -0.4 is 20.7 Å². The number of nitrogens with one attached hydrogen (secondary N) is 3. The van der Waals surface area contributed by atoms with Gasteiger partial charge in [-0.25, -0.2) is 0 Å². The summed E-state index contributed by atoms with van der Waals surface area (Å²) in [6, 6.07) is 5.51. The maximum Gasteiger partial charge on any atom is 0.258 e. The zero-order valence-corrected chi connectivity index (χ0v) is 19.6. The van der Waals surface area contributed by atoms with Crippen molar-refractivity contribution in [3.8, 4) is 5.75 Å². The van der Waals surface area contributed by atoms with E-state index in [1.165, 1.54) is 0 Å². The van der Waals surface area contributed by atoms with Gasteiger partial charge in [-0.15, -0.1) is 0 Å². The van der Waals surface area contributed by atoms with Crippen molar-refractivity contribution in [3.05, 3.63) is 28.2 Å². The lowest BCUT2D eigenvalue weighted by Gasteiger charge is -2.41. The second-order valence-corrected chi connectivity index (χ2v) is 10.5. The predicted octanol–water partition coefficient (Wildman–Crippen LogP) is 3.55. The lowest BCUT2D eigenvalue weighted by molar-refractivity contribution is -0.128. The van der Waals surface area contributed by atoms with Crippen molar-refractivity contribution in [3.63, 3.8) is 0 Å². The first-order valence-corrected chi connectivity index (χ1v) is 11.9. The van der Waals surface area contributed by atoms with Crippen molar-refractivity contribution >= 4 is 35.0 Å². The SMILES string of the molecule is CC(C)C1CCC(C(=O)NC23CC(C2)C(NC(=O)COc2ccc(Cl)c(Cl)c2)C3)CN1. The van der Waals surface area contributed by atoms with Gasteiger partial charge < -0.3 is 20.7 Å². The third-order valence-corrected chi connectivity index (χ3v) is 7.85. The molecule has 1 aromatic rings. The summed E-state index contributed by atoms with van der Waals surface area (Å²) in [5, 5.41) is 10.8. The van der Waals surface area contributed by atoms with Crippen LogP contribution in [0.2, 0.25) is 10.0 Å². The topological polar surface area (TPSA) is 79.5 Å². The van der Waals surface area contributed by atoms with E-state index in [1.54, 1.807) is 18.2 Å². The van der Waals surface area contributed by atoms with Crippen LogP contribution in [0, 0.1) is 17.8 Å². The standard InChI is InChI=1S/C23H31Cl2N3O3/c1-13(2)19-6-3-14(11-26-19)22(30)28-23-8-15(9-23)20(10-23)27-21(29)12-31-16-4-5-17(24)18(25)7-16/h4-5,7,13-15,19-20,26H,3,6,8-12H2,1-2H3,(H,27,29)(H,28,30). The minimum Gasteiger partial charge on any atom is -0.484 e. The van der Waals surface area contributed by atoms with Crippen LogP contribution in [-0.2, 0) is 9.59 Å². The predicted molar refractivity (Wildman–Crippen MR) is 121 cm³/mol. The molecule has 0 aromatic heterocycles. The lowest BCUT2D eigenvalue weighted by Crippen LogP contribution is -2.56. The Morgan fingerprint density at radius 3 is 2.61 bits per heavy atom. The number of benzene rings is 1. The first-order chi connectivity index (χ1) is 14.7. The fraction of sp³-hybridized carbons (Fsp3) is 0.652. The van der Waals surface area contributed by atoms with E-state index in [4.69, 9.17) is 27.9 Å². The molecule has 5 rings (SSSR count). The summed E-state index contributed by atoms with van der Waals surface area (Å²) in [6.45, 7) is 5.11. The molecule has 6 nitrogen and oxygen atoms in total. The third-order valence-electron chi connectivity index (χ3n) is 7.11. The maximum absolute atomic E-state index is 12.8. The Labute approximate surface area is 193 Å². The molecule has 170 valence electrons. The molecule has 0 radical (unpaired) electrons. The molecular weight excluding hydrogens is 437 g/mol. The van der Waals surface area contributed by atoms with Crippen LogP contribution in [0.3, 0.4) is 0 Å². The van der Waals surface area contributed by atoms with E-state index in [2.05, 4.69) is 29.8 Å². The number of rotatable bonds is 7. The average Bonchev–Trinajstić information content (AvgIpc) is 3.22. The Morgan fingerprint density at radius 1 is 1.19 bits per heavy atom. The second kappa shape index (κ2) is 9.16. The van der Waals surface area contributed by atoms with Gasteiger partial charge in [0, 0.05) is 30.2 Å². The van der Waals surface area contributed by atoms with Gasteiger partial charge in [-0.05, 0) is 56.1 Å². The molecule has 8 heteroatoms. The summed E-state index contributed by atoms with van der Waals surface area (Å²) in [6.07, 6.45) is 4.64. The van der Waals surface area contributed by atoms with Gasteiger partial charge in [-0.1, -0.05) is 37.0 Å². The fourth-order valence-corrected chi connectivity index (χ4v) is 5.59. The Kier molecular flexibility index (Phi) is 6.71. The number of halogens is 2. The Hall–Kier alpha value is -1.50. The number of ether oxygens (including phenoxy) is 1. The van der Waals surface area contributed by atoms with Gasteiger partial charge in [0.2, 0.25) is 5.91 Å². The number of hydrogen-bond acceptors (Lipinski definition) is 4. The highest BCUT2D eigenvalue weighted by Crippen LogP contribution is 2.52. The fourth-order valence-electron chi connectivity index (χ4n) is 5.30. The van der Waals surface area contributed by atoms with Crippen molar-refractivity contribution in [1.82, 2.24) is 16.0 Å². The second-order valence-electron chi connectivity index (χ2n) is 9.71. The molecule has 4 aliphatic rings. The number of fused-ring (bicyclic) bond motifs is 1. The molecule has 3 N–H and O–H groups in total. The quantitative estimate of drug-likeness (QED) is 0.572. The molecule has 4 fully saturated rings. The van der Waals surface area contributed by atoms with Gasteiger partial charge in [0.05, 0.1) is 16.0 Å². The van der Waals surface area contributed by atoms with Gasteiger partial charge in [0.1, 0.15) is 5.75 Å². The summed E-state index contributed by atoms with van der Waals surface area (Å²) in [5.41, 5.74) is -0.154. The molecule has 2 amide bonds. The lowest BCUT2D eigenvalue weighted by atomic mass is 9.76. The van der Waals surface area contributed by atoms with Crippen LogP contribution in [-0.4, -0.2) is 42.6 Å². The average molecular weight is 468 g/mol. The van der Waals surface area contributed by atoms with Crippen molar-refractivity contribution < 1.29 is 14.3 Å². The molecule has 2 bridgehead atoms. The van der Waals surface area contributed by atoms with E-state index in [0.717, 1.165) is 38.6 Å². The summed E-state index contributed by atoms with van der Waals surface area (Å²) in [5.74, 6) is 1.55. The first kappa shape index (κ1) is 22.7. The molecular formula is C23H31Cl2N3O3. The molecule has 1 saturated heterocycles. The Morgan fingerprint density at radius 2 is 1.97 bits per heavy atom. The Balaban J connectivity index is 1.21. The van der Waals surface area contributed by atoms with Gasteiger partial charge in [-0.2, -0.15) is 0 Å². The van der Waals surface area contributed by atoms with E-state index in [1.807, 2.05) is 0 Å². The summed E-state index contributed by atoms with van der Waals surface area (Å²) >= 11 is 11.9. The molecule has 3 unspecified atom stereocenters.